The molecule has 3 rings (SSSR count). The third-order valence-corrected chi connectivity index (χ3v) is 4.08. The van der Waals surface area contributed by atoms with E-state index in [1.165, 1.54) is 12.1 Å². The van der Waals surface area contributed by atoms with Gasteiger partial charge in [-0.25, -0.2) is 4.39 Å². The zero-order valence-electron chi connectivity index (χ0n) is 14.4. The molecular formula is C20H22FN3O. The number of pyridine rings is 1. The Morgan fingerprint density at radius 1 is 1.20 bits per heavy atom. The molecule has 1 atom stereocenters. The molecule has 5 heteroatoms. The molecule has 4 nitrogen and oxygen atoms in total. The highest BCUT2D eigenvalue weighted by Crippen LogP contribution is 2.38. The fourth-order valence-corrected chi connectivity index (χ4v) is 2.94. The normalized spacial score (nSPS) is 12.3. The van der Waals surface area contributed by atoms with E-state index in [4.69, 9.17) is 15.5 Å². The van der Waals surface area contributed by atoms with E-state index in [-0.39, 0.29) is 11.9 Å². The summed E-state index contributed by atoms with van der Waals surface area (Å²) in [5, 5.41) is 4.13. The molecule has 0 aliphatic heterocycles. The molecule has 3 aromatic rings. The van der Waals surface area contributed by atoms with Gasteiger partial charge in [-0.2, -0.15) is 0 Å². The second kappa shape index (κ2) is 7.59. The molecule has 0 radical (unpaired) electrons. The molecule has 0 aliphatic carbocycles. The van der Waals surface area contributed by atoms with Gasteiger partial charge in [0.2, 0.25) is 0 Å². The number of aromatic nitrogens is 1. The van der Waals surface area contributed by atoms with Gasteiger partial charge in [-0.1, -0.05) is 30.3 Å². The van der Waals surface area contributed by atoms with Gasteiger partial charge in [-0.05, 0) is 30.7 Å². The van der Waals surface area contributed by atoms with Gasteiger partial charge in [0.25, 0.3) is 0 Å². The first-order chi connectivity index (χ1) is 12.1. The van der Waals surface area contributed by atoms with Crippen LogP contribution in [0, 0.1) is 5.82 Å². The molecule has 130 valence electrons. The number of hydrogen-bond donors (Lipinski definition) is 2. The number of methoxy groups -OCH3 is 1. The smallest absolute Gasteiger partial charge is 0.124 e. The van der Waals surface area contributed by atoms with Crippen molar-refractivity contribution < 1.29 is 9.13 Å². The minimum absolute atomic E-state index is 0.257. The number of fused-ring (bicyclic) bond motifs is 1. The molecule has 0 amide bonds. The molecule has 3 N–H and O–H groups in total. The number of nitrogens with two attached hydrogens (primary N) is 1. The maximum absolute atomic E-state index is 13.9. The molecule has 0 aliphatic rings. The number of rotatable bonds is 6. The highest BCUT2D eigenvalue weighted by atomic mass is 19.1. The van der Waals surface area contributed by atoms with Crippen LogP contribution in [-0.2, 0) is 4.74 Å². The molecule has 1 heterocycles. The third kappa shape index (κ3) is 3.62. The van der Waals surface area contributed by atoms with Crippen LogP contribution in [-0.4, -0.2) is 25.2 Å². The molecular weight excluding hydrogens is 317 g/mol. The maximum atomic E-state index is 13.9. The quantitative estimate of drug-likeness (QED) is 0.663. The van der Waals surface area contributed by atoms with Crippen LogP contribution in [0.5, 0.6) is 0 Å². The minimum Gasteiger partial charge on any atom is -0.383 e. The standard InChI is InChI=1S/C20H22FN3O/c1-13(22)19-18(14-6-4-3-5-7-14)20(23-10-11-25-2)16-12-15(21)8-9-17(16)24-19/h3-9,12-13H,10-11,22H2,1-2H3,(H,23,24). The van der Waals surface area contributed by atoms with Gasteiger partial charge in [0.05, 0.1) is 23.5 Å². The average molecular weight is 339 g/mol. The van der Waals surface area contributed by atoms with Crippen LogP contribution in [0.3, 0.4) is 0 Å². The van der Waals surface area contributed by atoms with Crippen molar-refractivity contribution in [2.24, 2.45) is 5.73 Å². The summed E-state index contributed by atoms with van der Waals surface area (Å²) in [5.74, 6) is -0.295. The highest BCUT2D eigenvalue weighted by Gasteiger charge is 2.19. The van der Waals surface area contributed by atoms with E-state index in [0.717, 1.165) is 27.9 Å². The number of benzene rings is 2. The number of nitrogens with one attached hydrogen (secondary N) is 1. The summed E-state index contributed by atoms with van der Waals surface area (Å²) in [7, 11) is 1.65. The molecule has 1 unspecified atom stereocenters. The van der Waals surface area contributed by atoms with Crippen LogP contribution >= 0.6 is 0 Å². The monoisotopic (exact) mass is 339 g/mol. The predicted octanol–water partition coefficient (Wildman–Crippen LogP) is 4.12. The Labute approximate surface area is 146 Å². The van der Waals surface area contributed by atoms with E-state index in [9.17, 15) is 4.39 Å². The summed E-state index contributed by atoms with van der Waals surface area (Å²) < 4.78 is 19.0. The lowest BCUT2D eigenvalue weighted by molar-refractivity contribution is 0.211. The SMILES string of the molecule is COCCNc1c(-c2ccccc2)c(C(C)N)nc2ccc(F)cc12. The Bertz CT molecular complexity index is 866. The Morgan fingerprint density at radius 3 is 2.64 bits per heavy atom. The number of anilines is 1. The van der Waals surface area contributed by atoms with Gasteiger partial charge >= 0.3 is 0 Å². The van der Waals surface area contributed by atoms with Gasteiger partial charge in [0.1, 0.15) is 5.82 Å². The van der Waals surface area contributed by atoms with Crippen LogP contribution in [0.2, 0.25) is 0 Å². The van der Waals surface area contributed by atoms with E-state index in [2.05, 4.69) is 5.32 Å². The number of ether oxygens (including phenoxy) is 1. The van der Waals surface area contributed by atoms with Crippen molar-refractivity contribution in [3.05, 3.63) is 60.0 Å². The summed E-state index contributed by atoms with van der Waals surface area (Å²) in [6.07, 6.45) is 0. The third-order valence-electron chi connectivity index (χ3n) is 4.08. The fraction of sp³-hybridized carbons (Fsp3) is 0.250. The van der Waals surface area contributed by atoms with E-state index >= 15 is 0 Å². The number of halogens is 1. The van der Waals surface area contributed by atoms with Crippen molar-refractivity contribution in [2.75, 3.05) is 25.6 Å². The van der Waals surface area contributed by atoms with Gasteiger partial charge < -0.3 is 15.8 Å². The van der Waals surface area contributed by atoms with Gasteiger partial charge in [0, 0.05) is 30.6 Å². The highest BCUT2D eigenvalue weighted by molar-refractivity contribution is 6.00. The first-order valence-electron chi connectivity index (χ1n) is 8.28. The summed E-state index contributed by atoms with van der Waals surface area (Å²) in [6, 6.07) is 14.3. The second-order valence-electron chi connectivity index (χ2n) is 5.98. The molecule has 2 aromatic carbocycles. The zero-order chi connectivity index (χ0) is 17.8. The predicted molar refractivity (Wildman–Crippen MR) is 100 cm³/mol. The largest absolute Gasteiger partial charge is 0.383 e. The lowest BCUT2D eigenvalue weighted by Crippen LogP contribution is -2.14. The van der Waals surface area contributed by atoms with E-state index in [0.29, 0.717) is 18.7 Å². The first kappa shape index (κ1) is 17.3. The van der Waals surface area contributed by atoms with Crippen molar-refractivity contribution in [1.82, 2.24) is 4.98 Å². The Morgan fingerprint density at radius 2 is 1.96 bits per heavy atom. The summed E-state index contributed by atoms with van der Waals surface area (Å²) >= 11 is 0. The Balaban J connectivity index is 2.31. The molecule has 0 saturated heterocycles. The molecule has 25 heavy (non-hydrogen) atoms. The number of hydrogen-bond acceptors (Lipinski definition) is 4. The average Bonchev–Trinajstić information content (AvgIpc) is 2.62. The minimum atomic E-state index is -0.295. The van der Waals surface area contributed by atoms with Gasteiger partial charge in [0.15, 0.2) is 0 Å². The lowest BCUT2D eigenvalue weighted by Gasteiger charge is -2.20. The van der Waals surface area contributed by atoms with Crippen molar-refractivity contribution >= 4 is 16.6 Å². The molecule has 0 bridgehead atoms. The topological polar surface area (TPSA) is 60.2 Å². The zero-order valence-corrected chi connectivity index (χ0v) is 14.4. The second-order valence-corrected chi connectivity index (χ2v) is 5.98. The van der Waals surface area contributed by atoms with Gasteiger partial charge in [-0.3, -0.25) is 4.98 Å². The molecule has 1 aromatic heterocycles. The maximum Gasteiger partial charge on any atom is 0.124 e. The Kier molecular flexibility index (Phi) is 5.26. The van der Waals surface area contributed by atoms with Crippen molar-refractivity contribution in [3.8, 4) is 11.1 Å². The van der Waals surface area contributed by atoms with Crippen LogP contribution in [0.4, 0.5) is 10.1 Å². The van der Waals surface area contributed by atoms with Crippen LogP contribution in [0.1, 0.15) is 18.7 Å². The van der Waals surface area contributed by atoms with E-state index < -0.39 is 0 Å². The van der Waals surface area contributed by atoms with Crippen LogP contribution in [0.15, 0.2) is 48.5 Å². The molecule has 0 saturated carbocycles. The van der Waals surface area contributed by atoms with Crippen molar-refractivity contribution in [2.45, 2.75) is 13.0 Å². The Hall–Kier alpha value is -2.50. The fourth-order valence-electron chi connectivity index (χ4n) is 2.94. The molecule has 0 fully saturated rings. The van der Waals surface area contributed by atoms with E-state index in [1.54, 1.807) is 13.2 Å². The van der Waals surface area contributed by atoms with Crippen LogP contribution in [0.25, 0.3) is 22.0 Å². The van der Waals surface area contributed by atoms with Crippen molar-refractivity contribution in [1.29, 1.82) is 0 Å². The summed E-state index contributed by atoms with van der Waals surface area (Å²) in [6.45, 7) is 3.05. The van der Waals surface area contributed by atoms with Gasteiger partial charge in [-0.15, -0.1) is 0 Å². The van der Waals surface area contributed by atoms with E-state index in [1.807, 2.05) is 37.3 Å². The lowest BCUT2D eigenvalue weighted by atomic mass is 9.96. The number of nitrogens with zero attached hydrogens (tertiary/aromatic N) is 1. The van der Waals surface area contributed by atoms with Crippen LogP contribution < -0.4 is 11.1 Å². The summed E-state index contributed by atoms with van der Waals surface area (Å²) in [5.41, 5.74) is 10.4. The first-order valence-corrected chi connectivity index (χ1v) is 8.28. The van der Waals surface area contributed by atoms with Crippen molar-refractivity contribution in [3.63, 3.8) is 0 Å². The summed E-state index contributed by atoms with van der Waals surface area (Å²) in [4.78, 5) is 4.72. The molecule has 0 spiro atoms.